The first-order valence-corrected chi connectivity index (χ1v) is 6.08. The Labute approximate surface area is 101 Å². The van der Waals surface area contributed by atoms with E-state index in [4.69, 9.17) is 0 Å². The second kappa shape index (κ2) is 5.04. The Bertz CT molecular complexity index is 528. The average Bonchev–Trinajstić information content (AvgIpc) is 2.77. The molecule has 2 aromatic rings. The second-order valence-corrected chi connectivity index (χ2v) is 4.26. The van der Waals surface area contributed by atoms with Crippen molar-refractivity contribution in [2.45, 2.75) is 26.2 Å². The van der Waals surface area contributed by atoms with Crippen molar-refractivity contribution in [1.29, 1.82) is 0 Å². The lowest BCUT2D eigenvalue weighted by Crippen LogP contribution is -2.17. The van der Waals surface area contributed by atoms with Crippen molar-refractivity contribution in [3.63, 3.8) is 0 Å². The number of hydrogen-bond donors (Lipinski definition) is 2. The van der Waals surface area contributed by atoms with Crippen LogP contribution in [0.15, 0.2) is 24.4 Å². The van der Waals surface area contributed by atoms with Gasteiger partial charge in [-0.2, -0.15) is 0 Å². The van der Waals surface area contributed by atoms with Crippen LogP contribution in [-0.4, -0.2) is 17.9 Å². The Balaban J connectivity index is 2.39. The number of rotatable bonds is 4. The van der Waals surface area contributed by atoms with Crippen molar-refractivity contribution in [3.8, 4) is 0 Å². The molecule has 0 saturated heterocycles. The van der Waals surface area contributed by atoms with Gasteiger partial charge < -0.3 is 10.3 Å². The predicted octanol–water partition coefficient (Wildman–Crippen LogP) is 2.87. The van der Waals surface area contributed by atoms with E-state index in [2.05, 4.69) is 17.2 Å². The highest BCUT2D eigenvalue weighted by Crippen LogP contribution is 2.21. The molecule has 0 aliphatic heterocycles. The van der Waals surface area contributed by atoms with E-state index < -0.39 is 0 Å². The zero-order chi connectivity index (χ0) is 12.3. The molecule has 2 N–H and O–H groups in total. The quantitative estimate of drug-likeness (QED) is 0.833. The fourth-order valence-electron chi connectivity index (χ4n) is 2.04. The molecule has 0 unspecified atom stereocenters. The Morgan fingerprint density at radius 1 is 1.41 bits per heavy atom. The fraction of sp³-hybridized carbons (Fsp3) is 0.357. The maximum atomic E-state index is 11.6. The lowest BCUT2D eigenvalue weighted by molar-refractivity contribution is 0.0963. The van der Waals surface area contributed by atoms with E-state index in [1.807, 2.05) is 24.4 Å². The monoisotopic (exact) mass is 230 g/mol. The number of hydrogen-bond acceptors (Lipinski definition) is 1. The first-order chi connectivity index (χ1) is 8.26. The van der Waals surface area contributed by atoms with Gasteiger partial charge in [0.25, 0.3) is 5.91 Å². The number of amides is 1. The summed E-state index contributed by atoms with van der Waals surface area (Å²) in [6.45, 7) is 2.19. The zero-order valence-electron chi connectivity index (χ0n) is 10.3. The van der Waals surface area contributed by atoms with Crippen molar-refractivity contribution < 1.29 is 4.79 Å². The smallest absolute Gasteiger partial charge is 0.251 e. The van der Waals surface area contributed by atoms with Gasteiger partial charge in [0.15, 0.2) is 0 Å². The third-order valence-corrected chi connectivity index (χ3v) is 3.06. The summed E-state index contributed by atoms with van der Waals surface area (Å²) in [5.74, 6) is -0.0328. The van der Waals surface area contributed by atoms with Gasteiger partial charge in [0, 0.05) is 29.7 Å². The summed E-state index contributed by atoms with van der Waals surface area (Å²) in [5, 5.41) is 3.82. The molecule has 1 heterocycles. The maximum Gasteiger partial charge on any atom is 0.251 e. The second-order valence-electron chi connectivity index (χ2n) is 4.26. The molecule has 0 saturated carbocycles. The molecule has 0 fully saturated rings. The molecule has 17 heavy (non-hydrogen) atoms. The molecular formula is C14H18N2O. The van der Waals surface area contributed by atoms with E-state index in [9.17, 15) is 4.79 Å². The number of carbonyl (C=O) groups excluding carboxylic acids is 1. The number of H-pyrrole nitrogens is 1. The van der Waals surface area contributed by atoms with Crippen LogP contribution in [0.1, 0.15) is 35.7 Å². The van der Waals surface area contributed by atoms with Crippen molar-refractivity contribution >= 4 is 16.8 Å². The van der Waals surface area contributed by atoms with Crippen LogP contribution in [0.25, 0.3) is 10.9 Å². The predicted molar refractivity (Wildman–Crippen MR) is 70.3 cm³/mol. The van der Waals surface area contributed by atoms with Crippen LogP contribution in [0, 0.1) is 0 Å². The van der Waals surface area contributed by atoms with E-state index in [1.165, 1.54) is 23.8 Å². The fourth-order valence-corrected chi connectivity index (χ4v) is 2.04. The molecule has 3 nitrogen and oxygen atoms in total. The minimum Gasteiger partial charge on any atom is -0.361 e. The normalized spacial score (nSPS) is 10.7. The molecule has 0 radical (unpaired) electrons. The Hall–Kier alpha value is -1.77. The number of benzene rings is 1. The molecular weight excluding hydrogens is 212 g/mol. The number of unbranched alkanes of at least 4 members (excludes halogenated alkanes) is 1. The average molecular weight is 230 g/mol. The third kappa shape index (κ3) is 2.33. The largest absolute Gasteiger partial charge is 0.361 e. The molecule has 1 amide bonds. The molecule has 2 rings (SSSR count). The van der Waals surface area contributed by atoms with Gasteiger partial charge in [-0.15, -0.1) is 0 Å². The van der Waals surface area contributed by atoms with Crippen LogP contribution >= 0.6 is 0 Å². The van der Waals surface area contributed by atoms with Crippen LogP contribution in [-0.2, 0) is 6.42 Å². The van der Waals surface area contributed by atoms with E-state index in [0.717, 1.165) is 17.5 Å². The number of fused-ring (bicyclic) bond motifs is 1. The van der Waals surface area contributed by atoms with Crippen LogP contribution in [0.2, 0.25) is 0 Å². The molecule has 90 valence electrons. The Morgan fingerprint density at radius 3 is 2.94 bits per heavy atom. The first-order valence-electron chi connectivity index (χ1n) is 6.08. The molecule has 0 atom stereocenters. The molecule has 0 aliphatic rings. The van der Waals surface area contributed by atoms with Crippen molar-refractivity contribution in [2.75, 3.05) is 7.05 Å². The van der Waals surface area contributed by atoms with Gasteiger partial charge in [-0.25, -0.2) is 0 Å². The Kier molecular flexibility index (Phi) is 3.47. The Morgan fingerprint density at radius 2 is 2.24 bits per heavy atom. The molecule has 0 bridgehead atoms. The van der Waals surface area contributed by atoms with Gasteiger partial charge in [0.2, 0.25) is 0 Å². The topological polar surface area (TPSA) is 44.9 Å². The van der Waals surface area contributed by atoms with Gasteiger partial charge in [-0.05, 0) is 36.6 Å². The van der Waals surface area contributed by atoms with Crippen molar-refractivity contribution in [2.24, 2.45) is 0 Å². The van der Waals surface area contributed by atoms with E-state index in [0.29, 0.717) is 0 Å². The van der Waals surface area contributed by atoms with Gasteiger partial charge in [-0.3, -0.25) is 4.79 Å². The first kappa shape index (κ1) is 11.7. The zero-order valence-corrected chi connectivity index (χ0v) is 10.3. The minimum atomic E-state index is -0.0328. The van der Waals surface area contributed by atoms with E-state index in [-0.39, 0.29) is 5.91 Å². The van der Waals surface area contributed by atoms with Crippen molar-refractivity contribution in [1.82, 2.24) is 10.3 Å². The van der Waals surface area contributed by atoms with Crippen LogP contribution in [0.4, 0.5) is 0 Å². The number of carbonyl (C=O) groups is 1. The van der Waals surface area contributed by atoms with Crippen LogP contribution < -0.4 is 5.32 Å². The summed E-state index contributed by atoms with van der Waals surface area (Å²) in [5.41, 5.74) is 3.12. The third-order valence-electron chi connectivity index (χ3n) is 3.06. The van der Waals surface area contributed by atoms with Crippen LogP contribution in [0.5, 0.6) is 0 Å². The number of aromatic nitrogens is 1. The summed E-state index contributed by atoms with van der Waals surface area (Å²) in [4.78, 5) is 14.8. The summed E-state index contributed by atoms with van der Waals surface area (Å²) in [6.07, 6.45) is 5.47. The van der Waals surface area contributed by atoms with Crippen molar-refractivity contribution in [3.05, 3.63) is 35.5 Å². The number of nitrogens with one attached hydrogen (secondary N) is 2. The van der Waals surface area contributed by atoms with Gasteiger partial charge in [0.1, 0.15) is 0 Å². The lowest BCUT2D eigenvalue weighted by Gasteiger charge is -2.01. The minimum absolute atomic E-state index is 0.0328. The van der Waals surface area contributed by atoms with Gasteiger partial charge in [-0.1, -0.05) is 13.3 Å². The highest BCUT2D eigenvalue weighted by atomic mass is 16.1. The summed E-state index contributed by atoms with van der Waals surface area (Å²) >= 11 is 0. The maximum absolute atomic E-state index is 11.6. The number of aromatic amines is 1. The SMILES string of the molecule is CCCCc1c[nH]c2ccc(C(=O)NC)cc12. The van der Waals surface area contributed by atoms with E-state index in [1.54, 1.807) is 7.05 Å². The van der Waals surface area contributed by atoms with Gasteiger partial charge in [0.05, 0.1) is 0 Å². The number of aryl methyl sites for hydroxylation is 1. The van der Waals surface area contributed by atoms with Gasteiger partial charge >= 0.3 is 0 Å². The lowest BCUT2D eigenvalue weighted by atomic mass is 10.0. The molecule has 3 heteroatoms. The summed E-state index contributed by atoms with van der Waals surface area (Å²) in [6, 6.07) is 5.78. The molecule has 0 spiro atoms. The summed E-state index contributed by atoms with van der Waals surface area (Å²) in [7, 11) is 1.65. The standard InChI is InChI=1S/C14H18N2O/c1-3-4-5-11-9-16-13-7-6-10(8-12(11)13)14(17)15-2/h6-9,16H,3-5H2,1-2H3,(H,15,17). The highest BCUT2D eigenvalue weighted by Gasteiger charge is 2.07. The van der Waals surface area contributed by atoms with E-state index >= 15 is 0 Å². The molecule has 1 aromatic carbocycles. The molecule has 0 aliphatic carbocycles. The summed E-state index contributed by atoms with van der Waals surface area (Å²) < 4.78 is 0. The molecule has 1 aromatic heterocycles. The highest BCUT2D eigenvalue weighted by molar-refractivity contribution is 5.98. The van der Waals surface area contributed by atoms with Crippen LogP contribution in [0.3, 0.4) is 0 Å².